The van der Waals surface area contributed by atoms with Crippen molar-refractivity contribution in [3.8, 4) is 0 Å². The second-order valence-corrected chi connectivity index (χ2v) is 6.40. The molecule has 2 rings (SSSR count). The molecule has 0 saturated heterocycles. The maximum atomic E-state index is 12.6. The summed E-state index contributed by atoms with van der Waals surface area (Å²) >= 11 is 5.85. The molecule has 0 aliphatic rings. The van der Waals surface area contributed by atoms with Gasteiger partial charge in [-0.15, -0.1) is 0 Å². The molecule has 1 heterocycles. The van der Waals surface area contributed by atoms with Gasteiger partial charge >= 0.3 is 12.1 Å². The topological polar surface area (TPSA) is 88.2 Å². The number of nitrogens with zero attached hydrogens (tertiary/aromatic N) is 1. The van der Waals surface area contributed by atoms with Crippen molar-refractivity contribution in [3.63, 3.8) is 0 Å². The first-order chi connectivity index (χ1) is 12.1. The monoisotopic (exact) mass is 399 g/mol. The number of pyridine rings is 1. The Morgan fingerprint density at radius 2 is 2.04 bits per heavy atom. The van der Waals surface area contributed by atoms with Crippen LogP contribution in [0.25, 0.3) is 6.08 Å². The third-order valence-electron chi connectivity index (χ3n) is 2.96. The summed E-state index contributed by atoms with van der Waals surface area (Å²) in [5.74, 6) is -1.14. The molecule has 0 amide bonds. The summed E-state index contributed by atoms with van der Waals surface area (Å²) in [6.07, 6.45) is -1.40. The van der Waals surface area contributed by atoms with Crippen LogP contribution in [0, 0.1) is 0 Å². The fourth-order valence-electron chi connectivity index (χ4n) is 1.87. The second kappa shape index (κ2) is 8.19. The van der Waals surface area contributed by atoms with Crippen molar-refractivity contribution in [2.24, 2.45) is 5.73 Å². The molecule has 1 aromatic carbocycles. The number of carboxylic acids is 1. The van der Waals surface area contributed by atoms with Crippen LogP contribution in [0.3, 0.4) is 0 Å². The summed E-state index contributed by atoms with van der Waals surface area (Å²) in [7, 11) is 0. The Morgan fingerprint density at radius 1 is 1.31 bits per heavy atom. The third-order valence-corrected chi connectivity index (χ3v) is 4.11. The number of thiocarbonyl (C=S) groups is 1. The number of aliphatic carboxylic acids is 1. The zero-order chi connectivity index (χ0) is 19.3. The molecule has 0 fully saturated rings. The smallest absolute Gasteiger partial charge is 0.417 e. The van der Waals surface area contributed by atoms with Crippen molar-refractivity contribution in [3.05, 3.63) is 53.7 Å². The van der Waals surface area contributed by atoms with Crippen LogP contribution >= 0.6 is 24.0 Å². The fourth-order valence-corrected chi connectivity index (χ4v) is 2.84. The summed E-state index contributed by atoms with van der Waals surface area (Å²) in [6.45, 7) is 0. The van der Waals surface area contributed by atoms with Crippen molar-refractivity contribution in [2.45, 2.75) is 16.1 Å². The number of rotatable bonds is 5. The molecule has 0 aliphatic carbocycles. The molecule has 0 saturated carbocycles. The molecule has 4 N–H and O–H groups in total. The van der Waals surface area contributed by atoms with Gasteiger partial charge in [0, 0.05) is 22.9 Å². The summed E-state index contributed by atoms with van der Waals surface area (Å²) in [5, 5.41) is 11.9. The van der Waals surface area contributed by atoms with Gasteiger partial charge in [-0.25, -0.2) is 9.78 Å². The van der Waals surface area contributed by atoms with Gasteiger partial charge in [0.1, 0.15) is 5.03 Å². The van der Waals surface area contributed by atoms with Gasteiger partial charge < -0.3 is 16.2 Å². The van der Waals surface area contributed by atoms with E-state index in [1.807, 2.05) is 0 Å². The lowest BCUT2D eigenvalue weighted by Crippen LogP contribution is -2.18. The summed E-state index contributed by atoms with van der Waals surface area (Å²) in [4.78, 5) is 15.2. The molecule has 1 aromatic heterocycles. The lowest BCUT2D eigenvalue weighted by molar-refractivity contribution is -0.138. The molecule has 0 atom stereocenters. The molecule has 136 valence electrons. The van der Waals surface area contributed by atoms with Gasteiger partial charge in [-0.2, -0.15) is 13.2 Å². The molecule has 0 spiro atoms. The Bertz CT molecular complexity index is 853. The minimum absolute atomic E-state index is 0.0444. The number of halogens is 3. The van der Waals surface area contributed by atoms with Crippen LogP contribution in [0.15, 0.2) is 52.5 Å². The highest BCUT2D eigenvalue weighted by molar-refractivity contribution is 7.99. The van der Waals surface area contributed by atoms with Crippen LogP contribution in [0.5, 0.6) is 0 Å². The predicted octanol–water partition coefficient (Wildman–Crippen LogP) is 4.00. The molecule has 5 nitrogen and oxygen atoms in total. The number of carbonyl (C=O) groups is 1. The summed E-state index contributed by atoms with van der Waals surface area (Å²) in [5.41, 5.74) is 5.63. The molecule has 0 aliphatic heterocycles. The standard InChI is InChI=1S/C16H12F3N3O2S2/c17-16(18,19)10-2-5-13(21-8-10)26-12-4-3-11(22-15(20)25)7-9(12)1-6-14(23)24/h1-8H,(H,23,24)(H3,20,22,25). The van der Waals surface area contributed by atoms with Crippen LogP contribution < -0.4 is 11.1 Å². The van der Waals surface area contributed by atoms with Crippen molar-refractivity contribution in [1.82, 2.24) is 4.98 Å². The number of alkyl halides is 3. The third kappa shape index (κ3) is 5.74. The van der Waals surface area contributed by atoms with Gasteiger partial charge in [0.05, 0.1) is 5.56 Å². The van der Waals surface area contributed by atoms with E-state index in [-0.39, 0.29) is 5.11 Å². The Morgan fingerprint density at radius 3 is 2.58 bits per heavy atom. The normalized spacial score (nSPS) is 11.5. The highest BCUT2D eigenvalue weighted by atomic mass is 32.2. The van der Waals surface area contributed by atoms with Gasteiger partial charge in [-0.05, 0) is 54.2 Å². The number of nitrogens with one attached hydrogen (secondary N) is 1. The van der Waals surface area contributed by atoms with Crippen LogP contribution in [-0.2, 0) is 11.0 Å². The Hall–Kier alpha value is -2.59. The number of aromatic nitrogens is 1. The van der Waals surface area contributed by atoms with E-state index in [1.54, 1.807) is 18.2 Å². The number of hydrogen-bond acceptors (Lipinski definition) is 4. The lowest BCUT2D eigenvalue weighted by atomic mass is 10.2. The van der Waals surface area contributed by atoms with E-state index in [2.05, 4.69) is 10.3 Å². The Labute approximate surface area is 156 Å². The summed E-state index contributed by atoms with van der Waals surface area (Å²) < 4.78 is 37.8. The minimum atomic E-state index is -4.46. The van der Waals surface area contributed by atoms with E-state index >= 15 is 0 Å². The SMILES string of the molecule is NC(=S)Nc1ccc(Sc2ccc(C(F)(F)F)cn2)c(C=CC(=O)O)c1. The van der Waals surface area contributed by atoms with E-state index in [4.69, 9.17) is 23.1 Å². The number of hydrogen-bond donors (Lipinski definition) is 3. The first kappa shape index (κ1) is 19.7. The highest BCUT2D eigenvalue weighted by Gasteiger charge is 2.30. The van der Waals surface area contributed by atoms with E-state index in [9.17, 15) is 18.0 Å². The minimum Gasteiger partial charge on any atom is -0.478 e. The zero-order valence-corrected chi connectivity index (χ0v) is 14.6. The van der Waals surface area contributed by atoms with Crippen molar-refractivity contribution in [2.75, 3.05) is 5.32 Å². The molecular formula is C16H12F3N3O2S2. The Kier molecular flexibility index (Phi) is 6.22. The van der Waals surface area contributed by atoms with Gasteiger partial charge in [0.25, 0.3) is 0 Å². The first-order valence-electron chi connectivity index (χ1n) is 6.98. The molecule has 10 heteroatoms. The largest absolute Gasteiger partial charge is 0.478 e. The van der Waals surface area contributed by atoms with Gasteiger partial charge in [-0.1, -0.05) is 11.8 Å². The zero-order valence-electron chi connectivity index (χ0n) is 12.9. The van der Waals surface area contributed by atoms with Crippen molar-refractivity contribution in [1.29, 1.82) is 0 Å². The van der Waals surface area contributed by atoms with Gasteiger partial charge in [0.15, 0.2) is 5.11 Å². The average Bonchev–Trinajstić information content (AvgIpc) is 2.54. The fraction of sp³-hybridized carbons (Fsp3) is 0.0625. The average molecular weight is 399 g/mol. The van der Waals surface area contributed by atoms with E-state index in [0.29, 0.717) is 21.2 Å². The number of anilines is 1. The van der Waals surface area contributed by atoms with Crippen LogP contribution in [0.2, 0.25) is 0 Å². The van der Waals surface area contributed by atoms with Crippen molar-refractivity contribution >= 4 is 46.8 Å². The second-order valence-electron chi connectivity index (χ2n) is 4.90. The van der Waals surface area contributed by atoms with E-state index in [1.165, 1.54) is 12.1 Å². The van der Waals surface area contributed by atoms with Crippen LogP contribution in [-0.4, -0.2) is 21.2 Å². The first-order valence-corrected chi connectivity index (χ1v) is 8.20. The number of nitrogens with two attached hydrogens (primary N) is 1. The van der Waals surface area contributed by atoms with Gasteiger partial charge in [-0.3, -0.25) is 0 Å². The quantitative estimate of drug-likeness (QED) is 0.517. The maximum absolute atomic E-state index is 12.6. The summed E-state index contributed by atoms with van der Waals surface area (Å²) in [6, 6.07) is 7.12. The number of benzene rings is 1. The lowest BCUT2D eigenvalue weighted by Gasteiger charge is -2.10. The van der Waals surface area contributed by atoms with E-state index in [0.717, 1.165) is 30.1 Å². The molecular weight excluding hydrogens is 387 g/mol. The molecule has 0 unspecified atom stereocenters. The van der Waals surface area contributed by atoms with E-state index < -0.39 is 17.7 Å². The molecule has 0 radical (unpaired) electrons. The van der Waals surface area contributed by atoms with Crippen LogP contribution in [0.1, 0.15) is 11.1 Å². The van der Waals surface area contributed by atoms with Crippen LogP contribution in [0.4, 0.5) is 18.9 Å². The molecule has 0 bridgehead atoms. The highest BCUT2D eigenvalue weighted by Crippen LogP contribution is 2.34. The molecule has 26 heavy (non-hydrogen) atoms. The van der Waals surface area contributed by atoms with Gasteiger partial charge in [0.2, 0.25) is 0 Å². The molecule has 2 aromatic rings. The number of carboxylic acid groups (broad SMARTS) is 1. The Balaban J connectivity index is 2.32. The predicted molar refractivity (Wildman–Crippen MR) is 96.9 cm³/mol. The maximum Gasteiger partial charge on any atom is 0.417 e. The van der Waals surface area contributed by atoms with Crippen molar-refractivity contribution < 1.29 is 23.1 Å².